The molecule has 1 N–H and O–H groups in total. The summed E-state index contributed by atoms with van der Waals surface area (Å²) in [4.78, 5) is 9.07. The number of fused-ring (bicyclic) bond motifs is 1. The van der Waals surface area contributed by atoms with Crippen LogP contribution in [0.3, 0.4) is 0 Å². The number of rotatable bonds is 3. The fourth-order valence-electron chi connectivity index (χ4n) is 4.22. The molecule has 1 saturated carbocycles. The Morgan fingerprint density at radius 3 is 2.11 bits per heavy atom. The molecule has 2 heterocycles. The van der Waals surface area contributed by atoms with Crippen molar-refractivity contribution in [2.45, 2.75) is 76.7 Å². The molecule has 5 heteroatoms. The summed E-state index contributed by atoms with van der Waals surface area (Å²) in [5, 5.41) is 9.31. The number of aromatic nitrogens is 4. The van der Waals surface area contributed by atoms with Gasteiger partial charge in [-0.1, -0.05) is 76.0 Å². The third-order valence-electron chi connectivity index (χ3n) is 5.81. The minimum absolute atomic E-state index is 0.484. The van der Waals surface area contributed by atoms with Crippen LogP contribution < -0.4 is 5.32 Å². The van der Waals surface area contributed by atoms with Gasteiger partial charge in [0.05, 0.1) is 17.3 Å². The van der Waals surface area contributed by atoms with E-state index in [0.29, 0.717) is 6.04 Å². The topological polar surface area (TPSA) is 55.6 Å². The molecular formula is C23H31N5. The van der Waals surface area contributed by atoms with Gasteiger partial charge in [0.2, 0.25) is 0 Å². The standard InChI is InChI=1S/C23H31N5/c1-2-4-6-9-13-19(14-10-7-5-3-1)27-22-21-17-26-28(23(21)25-18-24-22)20-15-11-8-12-16-20/h8,11-12,15-19H,1-7,9-10,13-14H2,(H,24,25,27). The molecule has 0 spiro atoms. The minimum Gasteiger partial charge on any atom is -0.367 e. The Morgan fingerprint density at radius 2 is 1.43 bits per heavy atom. The Labute approximate surface area is 167 Å². The maximum Gasteiger partial charge on any atom is 0.168 e. The lowest BCUT2D eigenvalue weighted by atomic mass is 9.98. The maximum absolute atomic E-state index is 4.58. The van der Waals surface area contributed by atoms with Crippen LogP contribution in [-0.4, -0.2) is 25.8 Å². The van der Waals surface area contributed by atoms with Gasteiger partial charge in [-0.05, 0) is 25.0 Å². The van der Waals surface area contributed by atoms with Crippen molar-refractivity contribution in [3.63, 3.8) is 0 Å². The van der Waals surface area contributed by atoms with Crippen LogP contribution in [-0.2, 0) is 0 Å². The zero-order valence-electron chi connectivity index (χ0n) is 16.7. The number of hydrogen-bond donors (Lipinski definition) is 1. The van der Waals surface area contributed by atoms with Gasteiger partial charge in [-0.2, -0.15) is 5.10 Å². The summed E-state index contributed by atoms with van der Waals surface area (Å²) in [6.45, 7) is 0. The van der Waals surface area contributed by atoms with E-state index in [1.165, 1.54) is 70.6 Å². The predicted molar refractivity (Wildman–Crippen MR) is 115 cm³/mol. The van der Waals surface area contributed by atoms with Crippen molar-refractivity contribution < 1.29 is 0 Å². The van der Waals surface area contributed by atoms with Gasteiger partial charge in [-0.15, -0.1) is 0 Å². The minimum atomic E-state index is 0.484. The molecule has 2 aromatic heterocycles. The van der Waals surface area contributed by atoms with E-state index < -0.39 is 0 Å². The van der Waals surface area contributed by atoms with Crippen molar-refractivity contribution in [2.75, 3.05) is 5.32 Å². The molecule has 1 fully saturated rings. The Morgan fingerprint density at radius 1 is 0.786 bits per heavy atom. The first kappa shape index (κ1) is 18.9. The van der Waals surface area contributed by atoms with Gasteiger partial charge in [0.15, 0.2) is 5.65 Å². The Bertz CT molecular complexity index is 846. The van der Waals surface area contributed by atoms with Crippen LogP contribution in [0.15, 0.2) is 42.9 Å². The second-order valence-corrected chi connectivity index (χ2v) is 7.95. The van der Waals surface area contributed by atoms with Gasteiger partial charge < -0.3 is 5.32 Å². The molecule has 1 aliphatic carbocycles. The summed E-state index contributed by atoms with van der Waals surface area (Å²) in [5.74, 6) is 0.921. The molecule has 28 heavy (non-hydrogen) atoms. The number of para-hydroxylation sites is 1. The zero-order valence-corrected chi connectivity index (χ0v) is 16.7. The maximum atomic E-state index is 4.58. The molecule has 3 aromatic rings. The third-order valence-corrected chi connectivity index (χ3v) is 5.81. The molecule has 0 radical (unpaired) electrons. The van der Waals surface area contributed by atoms with Crippen molar-refractivity contribution in [3.05, 3.63) is 42.9 Å². The predicted octanol–water partition coefficient (Wildman–Crippen LogP) is 5.90. The number of benzene rings is 1. The van der Waals surface area contributed by atoms with Crippen LogP contribution in [0.4, 0.5) is 5.82 Å². The second-order valence-electron chi connectivity index (χ2n) is 7.95. The van der Waals surface area contributed by atoms with Crippen molar-refractivity contribution in [3.8, 4) is 5.69 Å². The van der Waals surface area contributed by atoms with E-state index in [1.54, 1.807) is 6.33 Å². The van der Waals surface area contributed by atoms with E-state index in [1.807, 2.05) is 29.1 Å². The van der Waals surface area contributed by atoms with Crippen LogP contribution in [0.25, 0.3) is 16.7 Å². The molecule has 0 bridgehead atoms. The van der Waals surface area contributed by atoms with Crippen molar-refractivity contribution in [1.82, 2.24) is 19.7 Å². The highest BCUT2D eigenvalue weighted by molar-refractivity contribution is 5.87. The van der Waals surface area contributed by atoms with Crippen LogP contribution >= 0.6 is 0 Å². The third kappa shape index (κ3) is 4.70. The van der Waals surface area contributed by atoms with Crippen molar-refractivity contribution >= 4 is 16.9 Å². The van der Waals surface area contributed by atoms with Crippen LogP contribution in [0, 0.1) is 0 Å². The van der Waals surface area contributed by atoms with Crippen molar-refractivity contribution in [1.29, 1.82) is 0 Å². The van der Waals surface area contributed by atoms with Gasteiger partial charge >= 0.3 is 0 Å². The second kappa shape index (κ2) is 9.67. The quantitative estimate of drug-likeness (QED) is 0.617. The first-order chi connectivity index (χ1) is 13.9. The average Bonchev–Trinajstić information content (AvgIpc) is 3.16. The molecule has 0 unspecified atom stereocenters. The highest BCUT2D eigenvalue weighted by atomic mass is 15.3. The lowest BCUT2D eigenvalue weighted by molar-refractivity contribution is 0.480. The SMILES string of the molecule is c1ccc(-n2ncc3c(NC4CCCCCCCCCCC4)ncnc32)cc1. The Kier molecular flexibility index (Phi) is 6.53. The van der Waals surface area contributed by atoms with E-state index in [-0.39, 0.29) is 0 Å². The Balaban J connectivity index is 1.52. The van der Waals surface area contributed by atoms with Crippen LogP contribution in [0.2, 0.25) is 0 Å². The fraction of sp³-hybridized carbons (Fsp3) is 0.522. The summed E-state index contributed by atoms with van der Waals surface area (Å²) in [6, 6.07) is 10.6. The van der Waals surface area contributed by atoms with Gasteiger partial charge in [0.25, 0.3) is 0 Å². The highest BCUT2D eigenvalue weighted by Gasteiger charge is 2.15. The number of anilines is 1. The van der Waals surface area contributed by atoms with Gasteiger partial charge in [-0.25, -0.2) is 14.6 Å². The lowest BCUT2D eigenvalue weighted by Crippen LogP contribution is -2.20. The van der Waals surface area contributed by atoms with Gasteiger partial charge in [0.1, 0.15) is 12.1 Å². The summed E-state index contributed by atoms with van der Waals surface area (Å²) in [5.41, 5.74) is 1.88. The summed E-state index contributed by atoms with van der Waals surface area (Å²) >= 11 is 0. The molecule has 0 atom stereocenters. The van der Waals surface area contributed by atoms with E-state index in [2.05, 4.69) is 32.5 Å². The first-order valence-corrected chi connectivity index (χ1v) is 10.9. The van der Waals surface area contributed by atoms with E-state index >= 15 is 0 Å². The smallest absolute Gasteiger partial charge is 0.168 e. The number of hydrogen-bond acceptors (Lipinski definition) is 4. The van der Waals surface area contributed by atoms with Gasteiger partial charge in [-0.3, -0.25) is 0 Å². The largest absolute Gasteiger partial charge is 0.367 e. The Hall–Kier alpha value is -2.43. The monoisotopic (exact) mass is 377 g/mol. The first-order valence-electron chi connectivity index (χ1n) is 10.9. The molecule has 0 saturated heterocycles. The zero-order chi connectivity index (χ0) is 19.0. The fourth-order valence-corrected chi connectivity index (χ4v) is 4.22. The normalized spacial score (nSPS) is 17.7. The molecule has 5 nitrogen and oxygen atoms in total. The number of nitrogens with zero attached hydrogens (tertiary/aromatic N) is 4. The average molecular weight is 378 g/mol. The summed E-state index contributed by atoms with van der Waals surface area (Å²) in [6.07, 6.45) is 18.3. The molecule has 0 amide bonds. The summed E-state index contributed by atoms with van der Waals surface area (Å²) < 4.78 is 1.89. The van der Waals surface area contributed by atoms with E-state index in [9.17, 15) is 0 Å². The molecule has 4 rings (SSSR count). The molecule has 1 aliphatic rings. The lowest BCUT2D eigenvalue weighted by Gasteiger charge is -2.20. The molecule has 0 aliphatic heterocycles. The highest BCUT2D eigenvalue weighted by Crippen LogP contribution is 2.25. The summed E-state index contributed by atoms with van der Waals surface area (Å²) in [7, 11) is 0. The van der Waals surface area contributed by atoms with E-state index in [4.69, 9.17) is 0 Å². The van der Waals surface area contributed by atoms with Gasteiger partial charge in [0, 0.05) is 6.04 Å². The van der Waals surface area contributed by atoms with E-state index in [0.717, 1.165) is 22.5 Å². The van der Waals surface area contributed by atoms with Crippen LogP contribution in [0.1, 0.15) is 70.6 Å². The molecule has 148 valence electrons. The number of nitrogens with one attached hydrogen (secondary N) is 1. The van der Waals surface area contributed by atoms with Crippen molar-refractivity contribution in [2.24, 2.45) is 0 Å². The molecule has 1 aromatic carbocycles. The van der Waals surface area contributed by atoms with Crippen LogP contribution in [0.5, 0.6) is 0 Å². The molecular weight excluding hydrogens is 346 g/mol.